The topological polar surface area (TPSA) is 75.6 Å². The Kier molecular flexibility index (Phi) is 4.16. The molecule has 5 nitrogen and oxygen atoms in total. The number of anilines is 1. The summed E-state index contributed by atoms with van der Waals surface area (Å²) in [7, 11) is 1.43. The van der Waals surface area contributed by atoms with Crippen LogP contribution < -0.4 is 10.1 Å². The lowest BCUT2D eigenvalue weighted by molar-refractivity contribution is 0.0693. The van der Waals surface area contributed by atoms with E-state index in [0.29, 0.717) is 16.6 Å². The average molecular weight is 321 g/mol. The standard InChI is InChI=1S/C19H15NO4/c1-24-17-11-12-7-8-13(9-14(12)10-16(17)19(22)23)18(21)20-15-5-3-2-4-6-15/h2-11H,1H3,(H,20,21)(H,22,23). The number of aromatic carboxylic acids is 1. The van der Waals surface area contributed by atoms with Crippen molar-refractivity contribution in [3.8, 4) is 5.75 Å². The van der Waals surface area contributed by atoms with E-state index < -0.39 is 5.97 Å². The van der Waals surface area contributed by atoms with Gasteiger partial charge in [0.15, 0.2) is 0 Å². The summed E-state index contributed by atoms with van der Waals surface area (Å²) in [4.78, 5) is 23.7. The number of carbonyl (C=O) groups excluding carboxylic acids is 1. The van der Waals surface area contributed by atoms with Crippen LogP contribution in [0.5, 0.6) is 5.75 Å². The average Bonchev–Trinajstić information content (AvgIpc) is 2.60. The minimum Gasteiger partial charge on any atom is -0.496 e. The van der Waals surface area contributed by atoms with Gasteiger partial charge in [-0.2, -0.15) is 0 Å². The van der Waals surface area contributed by atoms with E-state index in [1.807, 2.05) is 18.2 Å². The summed E-state index contributed by atoms with van der Waals surface area (Å²) in [6.45, 7) is 0. The van der Waals surface area contributed by atoms with Gasteiger partial charge in [0.05, 0.1) is 7.11 Å². The van der Waals surface area contributed by atoms with Crippen molar-refractivity contribution in [3.63, 3.8) is 0 Å². The third-order valence-electron chi connectivity index (χ3n) is 3.68. The second-order valence-electron chi connectivity index (χ2n) is 5.24. The second-order valence-corrected chi connectivity index (χ2v) is 5.24. The molecule has 0 bridgehead atoms. The van der Waals surface area contributed by atoms with Crippen molar-refractivity contribution in [2.45, 2.75) is 0 Å². The number of hydrogen-bond donors (Lipinski definition) is 2. The Morgan fingerprint density at radius 1 is 0.958 bits per heavy atom. The molecule has 0 heterocycles. The second kappa shape index (κ2) is 6.42. The summed E-state index contributed by atoms with van der Waals surface area (Å²) < 4.78 is 5.11. The van der Waals surface area contributed by atoms with Crippen LogP contribution in [0.3, 0.4) is 0 Å². The van der Waals surface area contributed by atoms with Gasteiger partial charge in [-0.05, 0) is 47.2 Å². The zero-order valence-electron chi connectivity index (χ0n) is 12.9. The molecule has 0 atom stereocenters. The van der Waals surface area contributed by atoms with Crippen LogP contribution >= 0.6 is 0 Å². The summed E-state index contributed by atoms with van der Waals surface area (Å²) in [5, 5.41) is 13.5. The van der Waals surface area contributed by atoms with Gasteiger partial charge in [-0.3, -0.25) is 4.79 Å². The van der Waals surface area contributed by atoms with Crippen LogP contribution in [-0.2, 0) is 0 Å². The van der Waals surface area contributed by atoms with Crippen LogP contribution in [0, 0.1) is 0 Å². The fraction of sp³-hybridized carbons (Fsp3) is 0.0526. The Balaban J connectivity index is 1.98. The van der Waals surface area contributed by atoms with Crippen LogP contribution in [0.25, 0.3) is 10.8 Å². The molecule has 0 saturated heterocycles. The third kappa shape index (κ3) is 3.05. The molecule has 0 fully saturated rings. The first-order valence-corrected chi connectivity index (χ1v) is 7.30. The molecule has 0 aliphatic carbocycles. The fourth-order valence-corrected chi connectivity index (χ4v) is 2.48. The molecule has 0 spiro atoms. The number of carbonyl (C=O) groups is 2. The number of para-hydroxylation sites is 1. The number of fused-ring (bicyclic) bond motifs is 1. The van der Waals surface area contributed by atoms with Crippen LogP contribution in [0.1, 0.15) is 20.7 Å². The van der Waals surface area contributed by atoms with Gasteiger partial charge in [-0.25, -0.2) is 4.79 Å². The molecule has 0 aliphatic rings. The lowest BCUT2D eigenvalue weighted by Crippen LogP contribution is -2.11. The van der Waals surface area contributed by atoms with E-state index in [9.17, 15) is 14.7 Å². The summed E-state index contributed by atoms with van der Waals surface area (Å²) >= 11 is 0. The Bertz CT molecular complexity index is 919. The molecular weight excluding hydrogens is 306 g/mol. The molecule has 1 amide bonds. The Morgan fingerprint density at radius 2 is 1.71 bits per heavy atom. The quantitative estimate of drug-likeness (QED) is 0.766. The number of rotatable bonds is 4. The van der Waals surface area contributed by atoms with E-state index >= 15 is 0 Å². The summed E-state index contributed by atoms with van der Waals surface area (Å²) in [6.07, 6.45) is 0. The molecule has 3 aromatic rings. The van der Waals surface area contributed by atoms with Crippen LogP contribution in [0.2, 0.25) is 0 Å². The lowest BCUT2D eigenvalue weighted by atomic mass is 10.0. The third-order valence-corrected chi connectivity index (χ3v) is 3.68. The number of carboxylic acids is 1. The molecule has 0 unspecified atom stereocenters. The number of ether oxygens (including phenoxy) is 1. The first-order chi connectivity index (χ1) is 11.6. The molecule has 2 N–H and O–H groups in total. The fourth-order valence-electron chi connectivity index (χ4n) is 2.48. The minimum atomic E-state index is -1.08. The number of amides is 1. The Morgan fingerprint density at radius 3 is 2.38 bits per heavy atom. The maximum Gasteiger partial charge on any atom is 0.339 e. The molecule has 0 saturated carbocycles. The van der Waals surface area contributed by atoms with Gasteiger partial charge in [0.1, 0.15) is 11.3 Å². The zero-order chi connectivity index (χ0) is 17.1. The van der Waals surface area contributed by atoms with E-state index in [-0.39, 0.29) is 17.2 Å². The summed E-state index contributed by atoms with van der Waals surface area (Å²) in [6, 6.07) is 17.4. The van der Waals surface area contributed by atoms with Crippen molar-refractivity contribution in [2.24, 2.45) is 0 Å². The monoisotopic (exact) mass is 321 g/mol. The summed E-state index contributed by atoms with van der Waals surface area (Å²) in [5.74, 6) is -1.04. The van der Waals surface area contributed by atoms with E-state index in [0.717, 1.165) is 5.39 Å². The van der Waals surface area contributed by atoms with Gasteiger partial charge in [-0.1, -0.05) is 24.3 Å². The number of methoxy groups -OCH3 is 1. The Hall–Kier alpha value is -3.34. The van der Waals surface area contributed by atoms with Gasteiger partial charge in [0.25, 0.3) is 5.91 Å². The molecule has 3 aromatic carbocycles. The molecule has 5 heteroatoms. The zero-order valence-corrected chi connectivity index (χ0v) is 12.9. The van der Waals surface area contributed by atoms with E-state index in [1.54, 1.807) is 36.4 Å². The van der Waals surface area contributed by atoms with Crippen molar-refractivity contribution >= 4 is 28.3 Å². The van der Waals surface area contributed by atoms with Crippen LogP contribution in [0.15, 0.2) is 60.7 Å². The first-order valence-electron chi connectivity index (χ1n) is 7.30. The largest absolute Gasteiger partial charge is 0.496 e. The van der Waals surface area contributed by atoms with E-state index in [4.69, 9.17) is 4.74 Å². The molecule has 120 valence electrons. The molecular formula is C19H15NO4. The van der Waals surface area contributed by atoms with Crippen LogP contribution in [0.4, 0.5) is 5.69 Å². The van der Waals surface area contributed by atoms with Crippen molar-refractivity contribution in [1.82, 2.24) is 0 Å². The van der Waals surface area contributed by atoms with E-state index in [2.05, 4.69) is 5.32 Å². The highest BCUT2D eigenvalue weighted by Crippen LogP contribution is 2.27. The van der Waals surface area contributed by atoms with Gasteiger partial charge in [-0.15, -0.1) is 0 Å². The highest BCUT2D eigenvalue weighted by atomic mass is 16.5. The van der Waals surface area contributed by atoms with Gasteiger partial charge >= 0.3 is 5.97 Å². The van der Waals surface area contributed by atoms with Crippen LogP contribution in [-0.4, -0.2) is 24.1 Å². The van der Waals surface area contributed by atoms with Crippen molar-refractivity contribution in [2.75, 3.05) is 12.4 Å². The van der Waals surface area contributed by atoms with Crippen molar-refractivity contribution in [1.29, 1.82) is 0 Å². The van der Waals surface area contributed by atoms with Crippen molar-refractivity contribution < 1.29 is 19.4 Å². The highest BCUT2D eigenvalue weighted by molar-refractivity contribution is 6.07. The van der Waals surface area contributed by atoms with Gasteiger partial charge in [0.2, 0.25) is 0 Å². The van der Waals surface area contributed by atoms with Gasteiger partial charge < -0.3 is 15.2 Å². The smallest absolute Gasteiger partial charge is 0.339 e. The molecule has 24 heavy (non-hydrogen) atoms. The lowest BCUT2D eigenvalue weighted by Gasteiger charge is -2.09. The minimum absolute atomic E-state index is 0.0608. The predicted molar refractivity (Wildman–Crippen MR) is 91.9 cm³/mol. The number of benzene rings is 3. The summed E-state index contributed by atoms with van der Waals surface area (Å²) in [5.41, 5.74) is 1.21. The molecule has 0 radical (unpaired) electrons. The molecule has 3 rings (SSSR count). The van der Waals surface area contributed by atoms with Gasteiger partial charge in [0, 0.05) is 11.3 Å². The molecule has 0 aliphatic heterocycles. The maximum absolute atomic E-state index is 12.3. The SMILES string of the molecule is COc1cc2ccc(C(=O)Nc3ccccc3)cc2cc1C(=O)O. The molecule has 0 aromatic heterocycles. The highest BCUT2D eigenvalue weighted by Gasteiger charge is 2.14. The number of nitrogens with one attached hydrogen (secondary N) is 1. The van der Waals surface area contributed by atoms with Crippen molar-refractivity contribution in [3.05, 3.63) is 71.8 Å². The first kappa shape index (κ1) is 15.6. The van der Waals surface area contributed by atoms with E-state index in [1.165, 1.54) is 13.2 Å². The maximum atomic E-state index is 12.3. The number of carboxylic acid groups (broad SMARTS) is 1. The Labute approximate surface area is 138 Å². The predicted octanol–water partition coefficient (Wildman–Crippen LogP) is 3.80. The normalized spacial score (nSPS) is 10.4. The number of hydrogen-bond acceptors (Lipinski definition) is 3.